The lowest BCUT2D eigenvalue weighted by molar-refractivity contribution is -0.117. The molecule has 1 atom stereocenters. The van der Waals surface area contributed by atoms with Crippen LogP contribution in [0.25, 0.3) is 0 Å². The van der Waals surface area contributed by atoms with E-state index in [0.717, 1.165) is 5.69 Å². The van der Waals surface area contributed by atoms with Crippen LogP contribution in [0.3, 0.4) is 0 Å². The van der Waals surface area contributed by atoms with Crippen molar-refractivity contribution in [2.24, 2.45) is 5.73 Å². The molecule has 0 aromatic heterocycles. The predicted molar refractivity (Wildman–Crippen MR) is 72.0 cm³/mol. The Balaban J connectivity index is 2.73. The first-order chi connectivity index (χ1) is 7.84. The minimum Gasteiger partial charge on any atom is -0.325 e. The number of rotatable bonds is 3. The lowest BCUT2D eigenvalue weighted by atomic mass is 9.87. The molecule has 0 radical (unpaired) electrons. The molecule has 0 saturated carbocycles. The van der Waals surface area contributed by atoms with Gasteiger partial charge in [-0.3, -0.25) is 4.79 Å². The van der Waals surface area contributed by atoms with Crippen molar-refractivity contribution in [1.82, 2.24) is 0 Å². The summed E-state index contributed by atoms with van der Waals surface area (Å²) in [6.45, 7) is 8.38. The quantitative estimate of drug-likeness (QED) is 0.844. The van der Waals surface area contributed by atoms with Gasteiger partial charge in [0.1, 0.15) is 0 Å². The highest BCUT2D eigenvalue weighted by Gasteiger charge is 2.14. The van der Waals surface area contributed by atoms with Crippen molar-refractivity contribution in [2.75, 3.05) is 5.32 Å². The number of carbonyl (C=O) groups is 1. The zero-order chi connectivity index (χ0) is 13.1. The van der Waals surface area contributed by atoms with Crippen LogP contribution in [0.1, 0.15) is 39.7 Å². The summed E-state index contributed by atoms with van der Waals surface area (Å²) in [5.41, 5.74) is 7.82. The first-order valence-corrected chi connectivity index (χ1v) is 6.01. The SMILES string of the molecule is CC[C@H](N)C(=O)Nc1ccc(C(C)(C)C)cc1. The number of anilines is 1. The largest absolute Gasteiger partial charge is 0.325 e. The summed E-state index contributed by atoms with van der Waals surface area (Å²) in [7, 11) is 0. The third-order valence-electron chi connectivity index (χ3n) is 2.80. The molecule has 0 heterocycles. The van der Waals surface area contributed by atoms with E-state index in [-0.39, 0.29) is 11.3 Å². The van der Waals surface area contributed by atoms with Crippen molar-refractivity contribution < 1.29 is 4.79 Å². The van der Waals surface area contributed by atoms with Gasteiger partial charge in [0.05, 0.1) is 6.04 Å². The van der Waals surface area contributed by atoms with Gasteiger partial charge >= 0.3 is 0 Å². The van der Waals surface area contributed by atoms with Crippen LogP contribution in [0, 0.1) is 0 Å². The Morgan fingerprint density at radius 3 is 2.24 bits per heavy atom. The Labute approximate surface area is 103 Å². The fraction of sp³-hybridized carbons (Fsp3) is 0.500. The molecule has 1 aromatic rings. The van der Waals surface area contributed by atoms with E-state index in [1.807, 2.05) is 31.2 Å². The van der Waals surface area contributed by atoms with E-state index in [1.54, 1.807) is 0 Å². The van der Waals surface area contributed by atoms with Crippen molar-refractivity contribution in [3.8, 4) is 0 Å². The maximum absolute atomic E-state index is 11.6. The van der Waals surface area contributed by atoms with Gasteiger partial charge in [0.15, 0.2) is 0 Å². The van der Waals surface area contributed by atoms with Gasteiger partial charge in [-0.2, -0.15) is 0 Å². The van der Waals surface area contributed by atoms with E-state index in [4.69, 9.17) is 5.73 Å². The molecule has 0 aliphatic rings. The van der Waals surface area contributed by atoms with Gasteiger partial charge in [0, 0.05) is 5.69 Å². The Hall–Kier alpha value is -1.35. The number of nitrogens with one attached hydrogen (secondary N) is 1. The molecule has 17 heavy (non-hydrogen) atoms. The minimum atomic E-state index is -0.433. The van der Waals surface area contributed by atoms with Crippen molar-refractivity contribution >= 4 is 11.6 Å². The summed E-state index contributed by atoms with van der Waals surface area (Å²) in [6, 6.07) is 7.47. The number of carbonyl (C=O) groups excluding carboxylic acids is 1. The Morgan fingerprint density at radius 2 is 1.82 bits per heavy atom. The average molecular weight is 234 g/mol. The summed E-state index contributed by atoms with van der Waals surface area (Å²) in [5, 5.41) is 2.81. The van der Waals surface area contributed by atoms with Crippen molar-refractivity contribution in [3.05, 3.63) is 29.8 Å². The molecule has 0 fully saturated rings. The molecule has 3 nitrogen and oxygen atoms in total. The van der Waals surface area contributed by atoms with Crippen LogP contribution < -0.4 is 11.1 Å². The first-order valence-electron chi connectivity index (χ1n) is 6.01. The topological polar surface area (TPSA) is 55.1 Å². The lowest BCUT2D eigenvalue weighted by Gasteiger charge is -2.19. The van der Waals surface area contributed by atoms with Crippen molar-refractivity contribution in [2.45, 2.75) is 45.6 Å². The molecule has 3 N–H and O–H groups in total. The van der Waals surface area contributed by atoms with E-state index in [1.165, 1.54) is 5.56 Å². The molecule has 0 aliphatic carbocycles. The second-order valence-electron chi connectivity index (χ2n) is 5.33. The van der Waals surface area contributed by atoms with E-state index in [2.05, 4.69) is 26.1 Å². The molecule has 0 spiro atoms. The molecular weight excluding hydrogens is 212 g/mol. The van der Waals surface area contributed by atoms with E-state index >= 15 is 0 Å². The highest BCUT2D eigenvalue weighted by molar-refractivity contribution is 5.94. The van der Waals surface area contributed by atoms with Crippen molar-refractivity contribution in [1.29, 1.82) is 0 Å². The molecule has 0 unspecified atom stereocenters. The molecular formula is C14H22N2O. The highest BCUT2D eigenvalue weighted by Crippen LogP contribution is 2.23. The molecule has 1 amide bonds. The Kier molecular flexibility index (Phi) is 4.29. The van der Waals surface area contributed by atoms with Crippen LogP contribution in [0.15, 0.2) is 24.3 Å². The summed E-state index contributed by atoms with van der Waals surface area (Å²) in [6.07, 6.45) is 0.645. The highest BCUT2D eigenvalue weighted by atomic mass is 16.2. The van der Waals surface area contributed by atoms with Gasteiger partial charge in [-0.15, -0.1) is 0 Å². The molecule has 0 bridgehead atoms. The van der Waals surface area contributed by atoms with Crippen LogP contribution in [-0.4, -0.2) is 11.9 Å². The maximum atomic E-state index is 11.6. The Morgan fingerprint density at radius 1 is 1.29 bits per heavy atom. The standard InChI is InChI=1S/C14H22N2O/c1-5-12(15)13(17)16-11-8-6-10(7-9-11)14(2,3)4/h6-9,12H,5,15H2,1-4H3,(H,16,17)/t12-/m0/s1. The summed E-state index contributed by atoms with van der Waals surface area (Å²) in [5.74, 6) is -0.129. The smallest absolute Gasteiger partial charge is 0.241 e. The second-order valence-corrected chi connectivity index (χ2v) is 5.33. The molecule has 1 aromatic carbocycles. The van der Waals surface area contributed by atoms with Gasteiger partial charge < -0.3 is 11.1 Å². The summed E-state index contributed by atoms with van der Waals surface area (Å²) in [4.78, 5) is 11.6. The fourth-order valence-corrected chi connectivity index (χ4v) is 1.47. The summed E-state index contributed by atoms with van der Waals surface area (Å²) < 4.78 is 0. The number of hydrogen-bond acceptors (Lipinski definition) is 2. The zero-order valence-corrected chi connectivity index (χ0v) is 11.1. The lowest BCUT2D eigenvalue weighted by Crippen LogP contribution is -2.34. The van der Waals surface area contributed by atoms with Crippen LogP contribution in [0.2, 0.25) is 0 Å². The van der Waals surface area contributed by atoms with E-state index in [0.29, 0.717) is 6.42 Å². The van der Waals surface area contributed by atoms with E-state index in [9.17, 15) is 4.79 Å². The normalized spacial score (nSPS) is 13.2. The molecule has 3 heteroatoms. The predicted octanol–water partition coefficient (Wildman–Crippen LogP) is 2.66. The Bertz CT molecular complexity index is 376. The van der Waals surface area contributed by atoms with Gasteiger partial charge in [-0.05, 0) is 29.5 Å². The number of benzene rings is 1. The molecule has 94 valence electrons. The fourth-order valence-electron chi connectivity index (χ4n) is 1.47. The minimum absolute atomic E-state index is 0.127. The van der Waals surface area contributed by atoms with Crippen LogP contribution in [0.4, 0.5) is 5.69 Å². The zero-order valence-electron chi connectivity index (χ0n) is 11.1. The maximum Gasteiger partial charge on any atom is 0.241 e. The van der Waals surface area contributed by atoms with Crippen LogP contribution >= 0.6 is 0 Å². The number of hydrogen-bond donors (Lipinski definition) is 2. The van der Waals surface area contributed by atoms with Crippen molar-refractivity contribution in [3.63, 3.8) is 0 Å². The monoisotopic (exact) mass is 234 g/mol. The van der Waals surface area contributed by atoms with Gasteiger partial charge in [0.2, 0.25) is 5.91 Å². The van der Waals surface area contributed by atoms with Gasteiger partial charge in [-0.25, -0.2) is 0 Å². The second kappa shape index (κ2) is 5.32. The third kappa shape index (κ3) is 3.86. The third-order valence-corrected chi connectivity index (χ3v) is 2.80. The number of amides is 1. The summed E-state index contributed by atoms with van der Waals surface area (Å²) >= 11 is 0. The molecule has 0 aliphatic heterocycles. The number of nitrogens with two attached hydrogens (primary N) is 1. The van der Waals surface area contributed by atoms with Crippen LogP contribution in [0.5, 0.6) is 0 Å². The van der Waals surface area contributed by atoms with E-state index < -0.39 is 6.04 Å². The first kappa shape index (κ1) is 13.7. The average Bonchev–Trinajstić information content (AvgIpc) is 2.27. The van der Waals surface area contributed by atoms with Gasteiger partial charge in [0.25, 0.3) is 0 Å². The van der Waals surface area contributed by atoms with Crippen LogP contribution in [-0.2, 0) is 10.2 Å². The molecule has 1 rings (SSSR count). The van der Waals surface area contributed by atoms with Gasteiger partial charge in [-0.1, -0.05) is 39.8 Å². The molecule has 0 saturated heterocycles.